The number of fused-ring (bicyclic) bond motifs is 18. The van der Waals surface area contributed by atoms with Crippen molar-refractivity contribution < 1.29 is 140 Å². The molecule has 0 unspecified atom stereocenters. The fourth-order valence-corrected chi connectivity index (χ4v) is 10.1. The van der Waals surface area contributed by atoms with Crippen molar-refractivity contribution in [1.82, 2.24) is 59.8 Å². The Labute approximate surface area is 651 Å². The van der Waals surface area contributed by atoms with Gasteiger partial charge < -0.3 is 0 Å². The van der Waals surface area contributed by atoms with Crippen LogP contribution in [0.5, 0.6) is 0 Å². The van der Waals surface area contributed by atoms with Crippen LogP contribution in [0.2, 0.25) is 0 Å². The van der Waals surface area contributed by atoms with Gasteiger partial charge in [0.05, 0.1) is 66.2 Å². The van der Waals surface area contributed by atoms with Gasteiger partial charge in [0.1, 0.15) is 0 Å². The number of hydrogen-bond acceptors (Lipinski definition) is 12. The first kappa shape index (κ1) is 90.7. The van der Waals surface area contributed by atoms with E-state index < -0.39 is 31.2 Å². The van der Waals surface area contributed by atoms with Gasteiger partial charge >= 0.3 is 172 Å². The van der Waals surface area contributed by atoms with E-state index >= 15 is 0 Å². The second-order valence-corrected chi connectivity index (χ2v) is 30.8. The van der Waals surface area contributed by atoms with Crippen LogP contribution in [-0.2, 0) is 39.6 Å². The molecular weight excluding hydrogens is 1990 g/mol. The molecule has 0 amide bonds. The monoisotopic (exact) mass is 2040 g/mol. The van der Waals surface area contributed by atoms with E-state index in [0.29, 0.717) is 0 Å². The number of benzene rings is 6. The van der Waals surface area contributed by atoms with Crippen LogP contribution >= 0.6 is 31.2 Å². The summed E-state index contributed by atoms with van der Waals surface area (Å²) in [6, 6.07) is 72.8. The maximum absolute atomic E-state index is 10.7. The Morgan fingerprint density at radius 3 is 0.246 bits per heavy atom. The summed E-state index contributed by atoms with van der Waals surface area (Å²) >= 11 is 0. The molecule has 0 fully saturated rings. The molecule has 0 aliphatic carbocycles. The van der Waals surface area contributed by atoms with E-state index in [0.717, 1.165) is 131 Å². The van der Waals surface area contributed by atoms with E-state index in [9.17, 15) is 101 Å². The molecule has 6 aromatic carbocycles. The Kier molecular flexibility index (Phi) is 25.5. The topological polar surface area (TPSA) is 155 Å². The van der Waals surface area contributed by atoms with Crippen LogP contribution in [-0.4, -0.2) is 59.8 Å². The zero-order valence-corrected chi connectivity index (χ0v) is 65.3. The molecule has 0 aliphatic rings. The van der Waals surface area contributed by atoms with E-state index in [1.165, 1.54) is 0 Å². The summed E-state index contributed by atoms with van der Waals surface area (Å²) in [5.74, 6) is 0. The van der Waals surface area contributed by atoms with Gasteiger partial charge in [-0.05, 0) is 72.8 Å². The van der Waals surface area contributed by atoms with Gasteiger partial charge in [-0.2, -0.15) is 0 Å². The van der Waals surface area contributed by atoms with Crippen molar-refractivity contribution in [3.05, 3.63) is 293 Å². The van der Waals surface area contributed by atoms with E-state index in [-0.39, 0.29) is 39.6 Å². The smallest absolute Gasteiger partial charge is 0.254 e. The minimum Gasteiger partial charge on any atom is -0.254 e. The molecule has 0 spiro atoms. The van der Waals surface area contributed by atoms with Gasteiger partial charge in [-0.1, -0.05) is 146 Å². The van der Waals surface area contributed by atoms with Gasteiger partial charge in [-0.25, -0.2) is 0 Å². The predicted molar refractivity (Wildman–Crippen MR) is 397 cm³/mol. The molecule has 42 heteroatoms. The van der Waals surface area contributed by atoms with E-state index in [1.54, 1.807) is 74.4 Å². The van der Waals surface area contributed by atoms with Crippen molar-refractivity contribution in [2.24, 2.45) is 0 Å². The predicted octanol–water partition coefficient (Wildman–Crippen LogP) is 30.2. The number of aromatic nitrogens is 12. The van der Waals surface area contributed by atoms with Gasteiger partial charge in [0.25, 0.3) is 0 Å². The molecule has 12 aromatic heterocycles. The fourth-order valence-electron chi connectivity index (χ4n) is 10.1. The number of rotatable bonds is 0. The van der Waals surface area contributed by atoms with Crippen molar-refractivity contribution in [2.75, 3.05) is 0 Å². The largest absolute Gasteiger partial charge is 2.00 e. The van der Waals surface area contributed by atoms with Crippen molar-refractivity contribution in [2.45, 2.75) is 0 Å². The van der Waals surface area contributed by atoms with Crippen molar-refractivity contribution in [3.63, 3.8) is 0 Å². The van der Waals surface area contributed by atoms with Gasteiger partial charge in [-0.3, -0.25) is 59.8 Å². The van der Waals surface area contributed by atoms with E-state index in [4.69, 9.17) is 0 Å². The third kappa shape index (κ3) is 33.3. The summed E-state index contributed by atoms with van der Waals surface area (Å²) in [6.07, 6.45) is 21.6. The summed E-state index contributed by atoms with van der Waals surface area (Å²) in [5.41, 5.74) is 11.7. The fraction of sp³-hybridized carbons (Fsp3) is 0. The third-order valence-electron chi connectivity index (χ3n) is 14.1. The minimum absolute atomic E-state index is 0. The second kappa shape index (κ2) is 32.1. The summed E-state index contributed by atoms with van der Waals surface area (Å²) in [4.78, 5) is 52.2. The standard InChI is InChI=1S/6C12H8N2.4F6P.2Os/c6*1-3-9-5-6-10-4-2-8-14-12(10)11(9)13-7-1;4*1-7(2,3,4,5)6;;/h6*1-8H;;;;;;/q;;;;;;4*-1;2*+2. The molecule has 0 bridgehead atoms. The molecule has 18 aromatic rings. The zero-order chi connectivity index (χ0) is 81.9. The molecule has 0 radical (unpaired) electrons. The first-order valence-corrected chi connectivity index (χ1v) is 39.4. The Hall–Kier alpha value is -10.4. The van der Waals surface area contributed by atoms with Gasteiger partial charge in [0, 0.05) is 139 Å². The molecule has 0 N–H and O–H groups in total. The molecule has 600 valence electrons. The molecule has 0 saturated carbocycles. The van der Waals surface area contributed by atoms with Gasteiger partial charge in [-0.15, -0.1) is 0 Å². The van der Waals surface area contributed by atoms with Crippen LogP contribution in [0.25, 0.3) is 131 Å². The second-order valence-electron chi connectivity index (χ2n) is 23.1. The molecule has 18 rings (SSSR count). The normalized spacial score (nSPS) is 13.7. The van der Waals surface area contributed by atoms with E-state index in [1.807, 2.05) is 72.8 Å². The van der Waals surface area contributed by atoms with Crippen LogP contribution in [0, 0.1) is 0 Å². The maximum Gasteiger partial charge on any atom is 2.00 e. The summed E-state index contributed by atoms with van der Waals surface area (Å²) in [6.45, 7) is 0. The van der Waals surface area contributed by atoms with Crippen molar-refractivity contribution >= 4 is 162 Å². The summed E-state index contributed by atoms with van der Waals surface area (Å²) in [5, 5.41) is 13.7. The van der Waals surface area contributed by atoms with Gasteiger partial charge in [0.2, 0.25) is 0 Å². The summed E-state index contributed by atoms with van der Waals surface area (Å²) < 4.78 is 237. The molecule has 114 heavy (non-hydrogen) atoms. The van der Waals surface area contributed by atoms with Crippen molar-refractivity contribution in [1.29, 1.82) is 0 Å². The van der Waals surface area contributed by atoms with Gasteiger partial charge in [0.15, 0.2) is 0 Å². The van der Waals surface area contributed by atoms with Crippen LogP contribution in [0.3, 0.4) is 0 Å². The average molecular weight is 2040 g/mol. The summed E-state index contributed by atoms with van der Waals surface area (Å²) in [7, 11) is -42.6. The Morgan fingerprint density at radius 1 is 0.123 bits per heavy atom. The number of hydrogen-bond donors (Lipinski definition) is 0. The number of pyridine rings is 12. The average Bonchev–Trinajstić information content (AvgIpc) is 0.783. The molecule has 12 nitrogen and oxygen atoms in total. The van der Waals surface area contributed by atoms with E-state index in [2.05, 4.69) is 205 Å². The maximum atomic E-state index is 9.87. The van der Waals surface area contributed by atoms with Crippen LogP contribution < -0.4 is 0 Å². The van der Waals surface area contributed by atoms with Crippen LogP contribution in [0.4, 0.5) is 101 Å². The molecule has 0 atom stereocenters. The molecule has 0 saturated heterocycles. The first-order chi connectivity index (χ1) is 51.5. The number of halogens is 24. The minimum atomic E-state index is -10.7. The Balaban J connectivity index is 0.000000178. The van der Waals surface area contributed by atoms with Crippen LogP contribution in [0.15, 0.2) is 293 Å². The van der Waals surface area contributed by atoms with Crippen LogP contribution in [0.1, 0.15) is 0 Å². The first-order valence-electron chi connectivity index (χ1n) is 31.3. The number of nitrogens with zero attached hydrogens (tertiary/aromatic N) is 12. The molecule has 0 aliphatic heterocycles. The Morgan fingerprint density at radius 2 is 0.184 bits per heavy atom. The van der Waals surface area contributed by atoms with Crippen molar-refractivity contribution in [3.8, 4) is 0 Å². The SMILES string of the molecule is F[P-](F)(F)(F)(F)F.F[P-](F)(F)(F)(F)F.F[P-](F)(F)(F)(F)F.F[P-](F)(F)(F)(F)F.[Os+2].[Os+2].c1cnc2c(c1)ccc1cccnc12.c1cnc2c(c1)ccc1cccnc12.c1cnc2c(c1)ccc1cccnc12.c1cnc2c(c1)ccc1cccnc12.c1cnc2c(c1)ccc1cccnc12.c1cnc2c(c1)ccc1cccnc12. The Bertz CT molecular complexity index is 5110. The molecular formula is C72H48F24N12Os2P4. The third-order valence-corrected chi connectivity index (χ3v) is 14.1. The zero-order valence-electron chi connectivity index (χ0n) is 56.6. The molecule has 12 heterocycles. The quantitative estimate of drug-likeness (QED) is 0.0806.